The lowest BCUT2D eigenvalue weighted by Crippen LogP contribution is -2.29. The van der Waals surface area contributed by atoms with E-state index < -0.39 is 10.8 Å². The zero-order valence-electron chi connectivity index (χ0n) is 37.4. The number of rotatable bonds is 8. The van der Waals surface area contributed by atoms with Gasteiger partial charge in [0, 0.05) is 16.9 Å². The molecule has 0 radical (unpaired) electrons. The Morgan fingerprint density at radius 2 is 0.731 bits per heavy atom. The minimum Gasteiger partial charge on any atom is -0.310 e. The molecule has 3 aliphatic carbocycles. The summed E-state index contributed by atoms with van der Waals surface area (Å²) in [4.78, 5) is 2.57. The van der Waals surface area contributed by atoms with E-state index in [2.05, 4.69) is 254 Å². The maximum atomic E-state index is 2.59. The maximum Gasteiger partial charge on any atom is 0.0714 e. The fourth-order valence-corrected chi connectivity index (χ4v) is 12.5. The molecule has 0 atom stereocenters. The first-order valence-corrected chi connectivity index (χ1v) is 24.0. The summed E-state index contributed by atoms with van der Waals surface area (Å²) in [5, 5.41) is 0. The van der Waals surface area contributed by atoms with Crippen molar-refractivity contribution < 1.29 is 0 Å². The summed E-state index contributed by atoms with van der Waals surface area (Å²) in [6.45, 7) is 0. The second-order valence-corrected chi connectivity index (χ2v) is 18.5. The molecule has 67 heavy (non-hydrogen) atoms. The van der Waals surface area contributed by atoms with Crippen molar-refractivity contribution in [3.8, 4) is 33.4 Å². The molecule has 0 saturated carbocycles. The number of anilines is 3. The van der Waals surface area contributed by atoms with Crippen molar-refractivity contribution in [1.82, 2.24) is 0 Å². The van der Waals surface area contributed by atoms with Gasteiger partial charge in [-0.2, -0.15) is 0 Å². The third kappa shape index (κ3) is 5.87. The first-order valence-electron chi connectivity index (χ1n) is 24.0. The monoisotopic (exact) mass is 855 g/mol. The van der Waals surface area contributed by atoms with Gasteiger partial charge in [-0.25, -0.2) is 0 Å². The van der Waals surface area contributed by atoms with Crippen LogP contribution in [0.15, 0.2) is 249 Å². The van der Waals surface area contributed by atoms with Gasteiger partial charge in [-0.1, -0.05) is 212 Å². The summed E-state index contributed by atoms with van der Waals surface area (Å²) in [5.74, 6) is 0. The van der Waals surface area contributed by atoms with Crippen molar-refractivity contribution in [1.29, 1.82) is 0 Å². The zero-order valence-corrected chi connectivity index (χ0v) is 37.4. The maximum absolute atomic E-state index is 2.59. The van der Waals surface area contributed by atoms with Crippen LogP contribution in [0.4, 0.5) is 17.1 Å². The minimum atomic E-state index is -0.560. The molecule has 0 spiro atoms. The van der Waals surface area contributed by atoms with E-state index >= 15 is 0 Å². The number of para-hydroxylation sites is 1. The Hall–Kier alpha value is -8.00. The fourth-order valence-electron chi connectivity index (χ4n) is 12.5. The summed E-state index contributed by atoms with van der Waals surface area (Å²) < 4.78 is 0. The SMILES string of the molecule is c1ccc(N(c2ccc3c(c2)C(c2ccccc2)(c2ccccc2)c2ccccc2-3)c2cc3c(cc2-c2cccc4c2CCCC4)-c2ccccc2C3(c2ccccc2)c2ccccc2)cc1. The van der Waals surface area contributed by atoms with Crippen molar-refractivity contribution in [2.75, 3.05) is 4.90 Å². The molecule has 0 heterocycles. The molecule has 1 nitrogen and oxygen atoms in total. The van der Waals surface area contributed by atoms with E-state index in [0.717, 1.165) is 24.2 Å². The highest BCUT2D eigenvalue weighted by Crippen LogP contribution is 2.61. The first-order chi connectivity index (χ1) is 33.3. The topological polar surface area (TPSA) is 3.24 Å². The average Bonchev–Trinajstić information content (AvgIpc) is 3.87. The summed E-state index contributed by atoms with van der Waals surface area (Å²) in [6, 6.07) is 93.7. The van der Waals surface area contributed by atoms with Gasteiger partial charge in [0.1, 0.15) is 0 Å². The Balaban J connectivity index is 1.15. The Bertz CT molecular complexity index is 3370. The molecule has 0 bridgehead atoms. The molecule has 13 rings (SSSR count). The Morgan fingerprint density at radius 1 is 0.284 bits per heavy atom. The quantitative estimate of drug-likeness (QED) is 0.147. The number of nitrogens with zero attached hydrogens (tertiary/aromatic N) is 1. The van der Waals surface area contributed by atoms with Crippen LogP contribution in [0, 0.1) is 0 Å². The van der Waals surface area contributed by atoms with Crippen LogP contribution in [0.3, 0.4) is 0 Å². The molecule has 3 aliphatic rings. The second kappa shape index (κ2) is 15.9. The lowest BCUT2D eigenvalue weighted by molar-refractivity contribution is 0.687. The third-order valence-electron chi connectivity index (χ3n) is 15.2. The van der Waals surface area contributed by atoms with Crippen LogP contribution in [0.2, 0.25) is 0 Å². The highest BCUT2D eigenvalue weighted by Gasteiger charge is 2.48. The molecule has 0 fully saturated rings. The number of hydrogen-bond donors (Lipinski definition) is 0. The molecule has 0 unspecified atom stereocenters. The van der Waals surface area contributed by atoms with Crippen molar-refractivity contribution in [3.63, 3.8) is 0 Å². The van der Waals surface area contributed by atoms with E-state index in [4.69, 9.17) is 0 Å². The van der Waals surface area contributed by atoms with E-state index in [1.165, 1.54) is 108 Å². The number of aryl methyl sites for hydroxylation is 1. The Morgan fingerprint density at radius 3 is 1.30 bits per heavy atom. The molecule has 0 amide bonds. The van der Waals surface area contributed by atoms with Gasteiger partial charge in [0.25, 0.3) is 0 Å². The lowest BCUT2D eigenvalue weighted by atomic mass is 9.67. The summed E-state index contributed by atoms with van der Waals surface area (Å²) >= 11 is 0. The molecular weight excluding hydrogens is 807 g/mol. The minimum absolute atomic E-state index is 0.538. The van der Waals surface area contributed by atoms with Gasteiger partial charge in [-0.05, 0) is 146 Å². The van der Waals surface area contributed by atoms with Crippen LogP contribution in [-0.2, 0) is 23.7 Å². The van der Waals surface area contributed by atoms with E-state index in [1.807, 2.05) is 0 Å². The average molecular weight is 856 g/mol. The van der Waals surface area contributed by atoms with Crippen LogP contribution in [-0.4, -0.2) is 0 Å². The molecule has 1 heteroatoms. The Labute approximate surface area is 394 Å². The number of hydrogen-bond acceptors (Lipinski definition) is 1. The first kappa shape index (κ1) is 39.4. The zero-order chi connectivity index (χ0) is 44.4. The van der Waals surface area contributed by atoms with Crippen molar-refractivity contribution >= 4 is 17.1 Å². The van der Waals surface area contributed by atoms with Gasteiger partial charge < -0.3 is 4.90 Å². The second-order valence-electron chi connectivity index (χ2n) is 18.5. The standard InChI is InChI=1S/C66H49N/c1-6-25-47(26-7-1)65(48-27-8-2-9-28-48)60-39-20-18-36-55(60)57-42-41-52(43-62(57)65)67(51-33-14-5-15-34-51)64-45-63-58(44-59(64)54-38-22-24-46-23-16-17-35-53(46)54)56-37-19-21-40-61(56)66(63,49-29-10-3-11-30-49)50-31-12-4-13-32-50/h1-15,18-22,24-34,36-45H,16-17,23,35H2. The van der Waals surface area contributed by atoms with Crippen molar-refractivity contribution in [2.45, 2.75) is 36.5 Å². The molecule has 0 N–H and O–H groups in total. The molecule has 0 saturated heterocycles. The van der Waals surface area contributed by atoms with Crippen molar-refractivity contribution in [2.24, 2.45) is 0 Å². The molecule has 0 aromatic heterocycles. The van der Waals surface area contributed by atoms with Crippen LogP contribution in [0.5, 0.6) is 0 Å². The fraction of sp³-hybridized carbons (Fsp3) is 0.0909. The largest absolute Gasteiger partial charge is 0.310 e. The smallest absolute Gasteiger partial charge is 0.0714 e. The Kier molecular flexibility index (Phi) is 9.32. The summed E-state index contributed by atoms with van der Waals surface area (Å²) in [7, 11) is 0. The van der Waals surface area contributed by atoms with Gasteiger partial charge in [-0.3, -0.25) is 0 Å². The van der Waals surface area contributed by atoms with Crippen LogP contribution in [0.25, 0.3) is 33.4 Å². The predicted molar refractivity (Wildman–Crippen MR) is 278 cm³/mol. The number of fused-ring (bicyclic) bond motifs is 7. The van der Waals surface area contributed by atoms with Gasteiger partial charge in [0.2, 0.25) is 0 Å². The van der Waals surface area contributed by atoms with Gasteiger partial charge in [0.15, 0.2) is 0 Å². The van der Waals surface area contributed by atoms with Crippen LogP contribution in [0.1, 0.15) is 68.5 Å². The van der Waals surface area contributed by atoms with Gasteiger partial charge in [-0.15, -0.1) is 0 Å². The highest BCUT2D eigenvalue weighted by molar-refractivity contribution is 5.98. The predicted octanol–water partition coefficient (Wildman–Crippen LogP) is 16.4. The van der Waals surface area contributed by atoms with Crippen LogP contribution >= 0.6 is 0 Å². The molecule has 10 aromatic rings. The lowest BCUT2D eigenvalue weighted by Gasteiger charge is -2.36. The van der Waals surface area contributed by atoms with E-state index in [9.17, 15) is 0 Å². The molecule has 318 valence electrons. The molecule has 10 aromatic carbocycles. The normalized spacial score (nSPS) is 14.6. The molecular formula is C66H49N. The van der Waals surface area contributed by atoms with E-state index in [-0.39, 0.29) is 0 Å². The van der Waals surface area contributed by atoms with E-state index in [0.29, 0.717) is 0 Å². The number of benzene rings is 10. The highest BCUT2D eigenvalue weighted by atomic mass is 15.1. The molecule has 0 aliphatic heterocycles. The third-order valence-corrected chi connectivity index (χ3v) is 15.2. The van der Waals surface area contributed by atoms with Gasteiger partial charge >= 0.3 is 0 Å². The van der Waals surface area contributed by atoms with Crippen LogP contribution < -0.4 is 4.90 Å². The van der Waals surface area contributed by atoms with E-state index in [1.54, 1.807) is 0 Å². The van der Waals surface area contributed by atoms with Crippen molar-refractivity contribution in [3.05, 3.63) is 304 Å². The summed E-state index contributed by atoms with van der Waals surface area (Å²) in [6.07, 6.45) is 4.63. The summed E-state index contributed by atoms with van der Waals surface area (Å²) in [5.41, 5.74) is 23.3. The van der Waals surface area contributed by atoms with Gasteiger partial charge in [0.05, 0.1) is 16.5 Å².